The lowest BCUT2D eigenvalue weighted by Gasteiger charge is -2.30. The lowest BCUT2D eigenvalue weighted by Crippen LogP contribution is -2.30. The number of aromatic nitrogens is 4. The standard InChI is InChI=1S/C27H18FN5OS2/c28-19-11-13-20(14-12-19)32-26(18-6-5-15-29-16-18)30-31-27(32)35-17-25(34)33-21-7-1-3-9-23(21)36-24-10-4-2-8-22(24)33/h1-16H,17H2. The second-order valence-electron chi connectivity index (χ2n) is 7.92. The maximum atomic E-state index is 13.6. The summed E-state index contributed by atoms with van der Waals surface area (Å²) >= 11 is 2.95. The van der Waals surface area contributed by atoms with E-state index in [1.54, 1.807) is 41.2 Å². The molecule has 0 saturated carbocycles. The third-order valence-corrected chi connectivity index (χ3v) is 7.69. The molecule has 36 heavy (non-hydrogen) atoms. The van der Waals surface area contributed by atoms with Crippen LogP contribution in [0.5, 0.6) is 0 Å². The summed E-state index contributed by atoms with van der Waals surface area (Å²) in [6.45, 7) is 0. The summed E-state index contributed by atoms with van der Waals surface area (Å²) < 4.78 is 15.5. The highest BCUT2D eigenvalue weighted by atomic mass is 32.2. The Balaban J connectivity index is 1.34. The summed E-state index contributed by atoms with van der Waals surface area (Å²) in [6, 6.07) is 25.6. The molecule has 9 heteroatoms. The Hall–Kier alpha value is -3.95. The minimum Gasteiger partial charge on any atom is -0.278 e. The second kappa shape index (κ2) is 9.60. The van der Waals surface area contributed by atoms with E-state index >= 15 is 0 Å². The zero-order chi connectivity index (χ0) is 24.5. The van der Waals surface area contributed by atoms with Gasteiger partial charge in [0, 0.05) is 33.4 Å². The zero-order valence-electron chi connectivity index (χ0n) is 18.8. The molecule has 1 amide bonds. The third-order valence-electron chi connectivity index (χ3n) is 5.64. The van der Waals surface area contributed by atoms with Gasteiger partial charge in [-0.15, -0.1) is 10.2 Å². The van der Waals surface area contributed by atoms with Crippen LogP contribution in [0.1, 0.15) is 0 Å². The molecule has 0 N–H and O–H groups in total. The molecule has 3 heterocycles. The lowest BCUT2D eigenvalue weighted by molar-refractivity contribution is -0.115. The number of para-hydroxylation sites is 2. The lowest BCUT2D eigenvalue weighted by atomic mass is 10.2. The average Bonchev–Trinajstić information content (AvgIpc) is 3.35. The van der Waals surface area contributed by atoms with E-state index in [4.69, 9.17) is 0 Å². The van der Waals surface area contributed by atoms with Crippen LogP contribution in [-0.2, 0) is 4.79 Å². The van der Waals surface area contributed by atoms with Crippen LogP contribution in [0.4, 0.5) is 15.8 Å². The number of thioether (sulfide) groups is 1. The van der Waals surface area contributed by atoms with E-state index in [0.29, 0.717) is 16.7 Å². The number of halogens is 1. The van der Waals surface area contributed by atoms with E-state index in [1.165, 1.54) is 23.9 Å². The molecule has 0 atom stereocenters. The van der Waals surface area contributed by atoms with Crippen LogP contribution in [0.2, 0.25) is 0 Å². The van der Waals surface area contributed by atoms with Gasteiger partial charge < -0.3 is 0 Å². The van der Waals surface area contributed by atoms with E-state index in [0.717, 1.165) is 26.7 Å². The molecule has 1 aliphatic rings. The van der Waals surface area contributed by atoms with Crippen molar-refractivity contribution < 1.29 is 9.18 Å². The largest absolute Gasteiger partial charge is 0.278 e. The van der Waals surface area contributed by atoms with Crippen LogP contribution >= 0.6 is 23.5 Å². The Morgan fingerprint density at radius 2 is 1.56 bits per heavy atom. The van der Waals surface area contributed by atoms with Crippen LogP contribution in [-0.4, -0.2) is 31.4 Å². The quantitative estimate of drug-likeness (QED) is 0.255. The van der Waals surface area contributed by atoms with Crippen LogP contribution in [0.3, 0.4) is 0 Å². The molecular formula is C27H18FN5OS2. The molecule has 0 spiro atoms. The molecule has 0 bridgehead atoms. The van der Waals surface area contributed by atoms with E-state index in [-0.39, 0.29) is 17.5 Å². The van der Waals surface area contributed by atoms with Crippen LogP contribution in [0.15, 0.2) is 112 Å². The number of fused-ring (bicyclic) bond motifs is 2. The van der Waals surface area contributed by atoms with Gasteiger partial charge in [0.05, 0.1) is 17.1 Å². The van der Waals surface area contributed by atoms with Gasteiger partial charge in [0.1, 0.15) is 5.82 Å². The average molecular weight is 512 g/mol. The normalized spacial score (nSPS) is 12.2. The van der Waals surface area contributed by atoms with Gasteiger partial charge >= 0.3 is 0 Å². The van der Waals surface area contributed by atoms with Gasteiger partial charge in [0.15, 0.2) is 11.0 Å². The number of benzene rings is 3. The van der Waals surface area contributed by atoms with E-state index < -0.39 is 0 Å². The second-order valence-corrected chi connectivity index (χ2v) is 9.94. The number of anilines is 2. The molecule has 0 saturated heterocycles. The summed E-state index contributed by atoms with van der Waals surface area (Å²) in [5.41, 5.74) is 3.19. The molecule has 3 aromatic carbocycles. The number of rotatable bonds is 5. The fourth-order valence-electron chi connectivity index (χ4n) is 4.03. The first kappa shape index (κ1) is 22.5. The van der Waals surface area contributed by atoms with Crippen molar-refractivity contribution in [2.24, 2.45) is 0 Å². The maximum Gasteiger partial charge on any atom is 0.242 e. The number of pyridine rings is 1. The number of amides is 1. The van der Waals surface area contributed by atoms with Gasteiger partial charge in [-0.3, -0.25) is 19.2 Å². The topological polar surface area (TPSA) is 63.9 Å². The van der Waals surface area contributed by atoms with Crippen molar-refractivity contribution in [2.75, 3.05) is 10.7 Å². The Bertz CT molecular complexity index is 1510. The highest BCUT2D eigenvalue weighted by Crippen LogP contribution is 2.48. The van der Waals surface area contributed by atoms with Crippen molar-refractivity contribution in [3.05, 3.63) is 103 Å². The third kappa shape index (κ3) is 4.16. The Kier molecular flexibility index (Phi) is 6.00. The fourth-order valence-corrected chi connectivity index (χ4v) is 5.89. The van der Waals surface area contributed by atoms with Crippen LogP contribution < -0.4 is 4.90 Å². The first-order valence-electron chi connectivity index (χ1n) is 11.1. The van der Waals surface area contributed by atoms with Gasteiger partial charge in [-0.2, -0.15) is 0 Å². The highest BCUT2D eigenvalue weighted by Gasteiger charge is 2.28. The summed E-state index contributed by atoms with van der Waals surface area (Å²) in [5.74, 6) is 0.297. The Morgan fingerprint density at radius 1 is 0.861 bits per heavy atom. The van der Waals surface area contributed by atoms with Crippen molar-refractivity contribution in [1.29, 1.82) is 0 Å². The predicted octanol–water partition coefficient (Wildman–Crippen LogP) is 6.39. The monoisotopic (exact) mass is 511 g/mol. The van der Waals surface area contributed by atoms with Gasteiger partial charge in [-0.25, -0.2) is 4.39 Å². The van der Waals surface area contributed by atoms with Crippen LogP contribution in [0, 0.1) is 5.82 Å². The molecule has 0 fully saturated rings. The minimum absolute atomic E-state index is 0.0724. The Morgan fingerprint density at radius 3 is 2.22 bits per heavy atom. The smallest absolute Gasteiger partial charge is 0.242 e. The first-order valence-corrected chi connectivity index (χ1v) is 12.9. The number of carbonyl (C=O) groups excluding carboxylic acids is 1. The number of hydrogen-bond acceptors (Lipinski definition) is 6. The van der Waals surface area contributed by atoms with Gasteiger partial charge in [-0.05, 0) is 60.7 Å². The Labute approximate surface area is 215 Å². The van der Waals surface area contributed by atoms with E-state index in [9.17, 15) is 9.18 Å². The highest BCUT2D eigenvalue weighted by molar-refractivity contribution is 8.00. The van der Waals surface area contributed by atoms with Crippen molar-refractivity contribution in [3.63, 3.8) is 0 Å². The fraction of sp³-hybridized carbons (Fsp3) is 0.0370. The van der Waals surface area contributed by atoms with Gasteiger partial charge in [0.2, 0.25) is 5.91 Å². The molecule has 0 radical (unpaired) electrons. The van der Waals surface area contributed by atoms with E-state index in [2.05, 4.69) is 15.2 Å². The van der Waals surface area contributed by atoms with E-state index in [1.807, 2.05) is 65.2 Å². The van der Waals surface area contributed by atoms with Crippen molar-refractivity contribution in [2.45, 2.75) is 14.9 Å². The number of hydrogen-bond donors (Lipinski definition) is 0. The number of nitrogens with zero attached hydrogens (tertiary/aromatic N) is 5. The minimum atomic E-state index is -0.334. The molecule has 0 unspecified atom stereocenters. The van der Waals surface area contributed by atoms with Gasteiger partial charge in [0.25, 0.3) is 0 Å². The summed E-state index contributed by atoms with van der Waals surface area (Å²) in [7, 11) is 0. The maximum absolute atomic E-state index is 13.6. The van der Waals surface area contributed by atoms with Crippen molar-refractivity contribution >= 4 is 40.8 Å². The molecule has 176 valence electrons. The van der Waals surface area contributed by atoms with Crippen molar-refractivity contribution in [1.82, 2.24) is 19.7 Å². The molecule has 0 aliphatic carbocycles. The summed E-state index contributed by atoms with van der Waals surface area (Å²) in [6.07, 6.45) is 3.38. The summed E-state index contributed by atoms with van der Waals surface area (Å²) in [4.78, 5) is 21.7. The van der Waals surface area contributed by atoms with Crippen LogP contribution in [0.25, 0.3) is 17.1 Å². The predicted molar refractivity (Wildman–Crippen MR) is 139 cm³/mol. The molecule has 5 aromatic rings. The van der Waals surface area contributed by atoms with Crippen molar-refractivity contribution in [3.8, 4) is 17.1 Å². The summed E-state index contributed by atoms with van der Waals surface area (Å²) in [5, 5.41) is 9.28. The number of carbonyl (C=O) groups is 1. The first-order chi connectivity index (χ1) is 17.7. The van der Waals surface area contributed by atoms with Gasteiger partial charge in [-0.1, -0.05) is 47.8 Å². The molecular weight excluding hydrogens is 493 g/mol. The molecule has 2 aromatic heterocycles. The zero-order valence-corrected chi connectivity index (χ0v) is 20.4. The molecule has 6 nitrogen and oxygen atoms in total. The SMILES string of the molecule is O=C(CSc1nnc(-c2cccnc2)n1-c1ccc(F)cc1)N1c2ccccc2Sc2ccccc21. The molecule has 1 aliphatic heterocycles. The molecule has 6 rings (SSSR count).